The number of aryl methyl sites for hydroxylation is 1. The predicted molar refractivity (Wildman–Crippen MR) is 100 cm³/mol. The van der Waals surface area contributed by atoms with Crippen LogP contribution in [0.2, 0.25) is 0 Å². The molecule has 26 heavy (non-hydrogen) atoms. The molecule has 0 spiro atoms. The molecule has 0 aliphatic heterocycles. The summed E-state index contributed by atoms with van der Waals surface area (Å²) in [5.41, 5.74) is -0.130. The summed E-state index contributed by atoms with van der Waals surface area (Å²) in [7, 11) is 0. The van der Waals surface area contributed by atoms with E-state index in [1.165, 1.54) is 12.1 Å². The van der Waals surface area contributed by atoms with Gasteiger partial charge in [0.2, 0.25) is 0 Å². The van der Waals surface area contributed by atoms with Crippen LogP contribution < -0.4 is 5.32 Å². The number of hydrogen-bond donors (Lipinski definition) is 1. The summed E-state index contributed by atoms with van der Waals surface area (Å²) in [4.78, 5) is 0. The molecule has 3 rings (SSSR count). The van der Waals surface area contributed by atoms with E-state index in [0.717, 1.165) is 28.5 Å². The Morgan fingerprint density at radius 1 is 1.04 bits per heavy atom. The van der Waals surface area contributed by atoms with Gasteiger partial charge in [-0.1, -0.05) is 60.7 Å². The zero-order chi connectivity index (χ0) is 21.3. The molecule has 0 saturated carbocycles. The molecule has 0 unspecified atom stereocenters. The molecule has 3 aromatic rings. The molecule has 0 aliphatic rings. The summed E-state index contributed by atoms with van der Waals surface area (Å²) in [6.07, 6.45) is -6.53. The van der Waals surface area contributed by atoms with Crippen molar-refractivity contribution >= 4 is 10.8 Å². The fourth-order valence-electron chi connectivity index (χ4n) is 2.91. The van der Waals surface area contributed by atoms with Gasteiger partial charge in [0.05, 0.1) is 6.93 Å². The zero-order valence-corrected chi connectivity index (χ0v) is 14.4. The minimum Gasteiger partial charge on any atom is -0.310 e. The van der Waals surface area contributed by atoms with Gasteiger partial charge < -0.3 is 5.32 Å². The molecule has 3 aromatic carbocycles. The van der Waals surface area contributed by atoms with E-state index >= 15 is 0 Å². The van der Waals surface area contributed by atoms with Gasteiger partial charge in [-0.05, 0) is 54.2 Å². The Morgan fingerprint density at radius 3 is 2.58 bits per heavy atom. The third-order valence-corrected chi connectivity index (χ3v) is 4.23. The van der Waals surface area contributed by atoms with Crippen molar-refractivity contribution in [3.8, 4) is 0 Å². The Hall–Kier alpha value is -2.33. The molecular formula is C22H22F3N. The van der Waals surface area contributed by atoms with Gasteiger partial charge in [0.25, 0.3) is 0 Å². The number of hydrogen-bond acceptors (Lipinski definition) is 1. The van der Waals surface area contributed by atoms with Crippen molar-refractivity contribution in [3.63, 3.8) is 0 Å². The normalized spacial score (nSPS) is 16.5. The largest absolute Gasteiger partial charge is 0.416 e. The van der Waals surface area contributed by atoms with E-state index in [-0.39, 0.29) is 18.5 Å². The topological polar surface area (TPSA) is 12.0 Å². The van der Waals surface area contributed by atoms with Crippen LogP contribution >= 0.6 is 0 Å². The lowest BCUT2D eigenvalue weighted by molar-refractivity contribution is -0.137. The van der Waals surface area contributed by atoms with E-state index < -0.39 is 24.1 Å². The van der Waals surface area contributed by atoms with E-state index in [1.54, 1.807) is 6.92 Å². The second-order valence-corrected chi connectivity index (χ2v) is 6.08. The average molecular weight is 360 g/mol. The van der Waals surface area contributed by atoms with Crippen LogP contribution in [0.4, 0.5) is 13.2 Å². The molecule has 1 nitrogen and oxygen atoms in total. The van der Waals surface area contributed by atoms with Crippen molar-refractivity contribution in [2.24, 2.45) is 0 Å². The molecule has 0 aliphatic carbocycles. The third kappa shape index (κ3) is 4.44. The van der Waals surface area contributed by atoms with E-state index in [4.69, 9.17) is 4.11 Å². The van der Waals surface area contributed by atoms with E-state index in [0.29, 0.717) is 0 Å². The molecule has 4 heteroatoms. The van der Waals surface area contributed by atoms with Gasteiger partial charge in [-0.3, -0.25) is 0 Å². The lowest BCUT2D eigenvalue weighted by Gasteiger charge is -2.17. The van der Waals surface area contributed by atoms with Gasteiger partial charge in [0.15, 0.2) is 0 Å². The maximum atomic E-state index is 12.9. The Labute approximate surface area is 156 Å². The summed E-state index contributed by atoms with van der Waals surface area (Å²) in [6.45, 7) is 1.82. The standard InChI is InChI=1S/C22H22F3N/c1-16(20-13-5-10-18-9-2-3-12-21(18)20)26-14-6-8-17-7-4-11-19(15-17)22(23,24)25/h2-5,7,9-13,15-16,26H,6,8,14H2,1H3/t16-/m1/s1/i8D2,16D. The quantitative estimate of drug-likeness (QED) is 0.556. The van der Waals surface area contributed by atoms with Crippen molar-refractivity contribution < 1.29 is 17.3 Å². The molecule has 0 bridgehead atoms. The first-order valence-corrected chi connectivity index (χ1v) is 8.42. The second-order valence-electron chi connectivity index (χ2n) is 6.08. The molecule has 0 amide bonds. The first-order valence-electron chi connectivity index (χ1n) is 9.92. The smallest absolute Gasteiger partial charge is 0.310 e. The number of nitrogens with one attached hydrogen (secondary N) is 1. The highest BCUT2D eigenvalue weighted by Gasteiger charge is 2.30. The van der Waals surface area contributed by atoms with Gasteiger partial charge in [-0.15, -0.1) is 0 Å². The fraction of sp³-hybridized carbons (Fsp3) is 0.273. The van der Waals surface area contributed by atoms with Crippen LogP contribution in [0.25, 0.3) is 10.8 Å². The first kappa shape index (κ1) is 14.8. The number of rotatable bonds is 6. The SMILES string of the molecule is [2H]C([2H])(CCN[C@]([2H])(C)c1cccc2ccccc12)c1cccc(C(F)(F)F)c1. The highest BCUT2D eigenvalue weighted by Crippen LogP contribution is 2.29. The monoisotopic (exact) mass is 360 g/mol. The van der Waals surface area contributed by atoms with E-state index in [9.17, 15) is 13.2 Å². The van der Waals surface area contributed by atoms with Crippen LogP contribution in [0, 0.1) is 0 Å². The Morgan fingerprint density at radius 2 is 1.77 bits per heavy atom. The van der Waals surface area contributed by atoms with Crippen molar-refractivity contribution in [3.05, 3.63) is 83.4 Å². The van der Waals surface area contributed by atoms with Crippen molar-refractivity contribution in [2.45, 2.75) is 31.9 Å². The number of benzene rings is 3. The maximum Gasteiger partial charge on any atom is 0.416 e. The van der Waals surface area contributed by atoms with Crippen molar-refractivity contribution in [1.29, 1.82) is 0 Å². The molecule has 0 radical (unpaired) electrons. The van der Waals surface area contributed by atoms with Gasteiger partial charge in [0.1, 0.15) is 0 Å². The Balaban J connectivity index is 1.74. The summed E-state index contributed by atoms with van der Waals surface area (Å²) < 4.78 is 63.9. The molecule has 0 saturated heterocycles. The summed E-state index contributed by atoms with van der Waals surface area (Å²) in [5.74, 6) is 0. The fourth-order valence-corrected chi connectivity index (χ4v) is 2.91. The van der Waals surface area contributed by atoms with E-state index in [2.05, 4.69) is 5.32 Å². The second kappa shape index (κ2) is 7.92. The predicted octanol–water partition coefficient (Wildman–Crippen LogP) is 6.14. The molecular weight excluding hydrogens is 335 g/mol. The highest BCUT2D eigenvalue weighted by molar-refractivity contribution is 5.86. The third-order valence-electron chi connectivity index (χ3n) is 4.23. The average Bonchev–Trinajstić information content (AvgIpc) is 2.66. The van der Waals surface area contributed by atoms with E-state index in [1.807, 2.05) is 42.5 Å². The van der Waals surface area contributed by atoms with Crippen LogP contribution in [0.15, 0.2) is 66.7 Å². The Bertz CT molecular complexity index is 995. The minimum absolute atomic E-state index is 0.0223. The zero-order valence-electron chi connectivity index (χ0n) is 17.4. The summed E-state index contributed by atoms with van der Waals surface area (Å²) in [5, 5.41) is 4.98. The first-order chi connectivity index (χ1) is 13.5. The van der Waals surface area contributed by atoms with Crippen LogP contribution in [-0.2, 0) is 12.5 Å². The lowest BCUT2D eigenvalue weighted by Crippen LogP contribution is -2.20. The molecule has 1 atom stereocenters. The number of fused-ring (bicyclic) bond motifs is 1. The van der Waals surface area contributed by atoms with Crippen molar-refractivity contribution in [2.75, 3.05) is 6.54 Å². The lowest BCUT2D eigenvalue weighted by atomic mass is 9.99. The van der Waals surface area contributed by atoms with Crippen LogP contribution in [-0.4, -0.2) is 6.54 Å². The minimum atomic E-state index is -4.52. The molecule has 1 N–H and O–H groups in total. The number of halogens is 3. The maximum absolute atomic E-state index is 12.9. The van der Waals surface area contributed by atoms with Gasteiger partial charge in [-0.2, -0.15) is 13.2 Å². The molecule has 0 aromatic heterocycles. The van der Waals surface area contributed by atoms with Crippen LogP contribution in [0.1, 0.15) is 40.2 Å². The van der Waals surface area contributed by atoms with Crippen LogP contribution in [0.3, 0.4) is 0 Å². The highest BCUT2D eigenvalue weighted by atomic mass is 19.4. The van der Waals surface area contributed by atoms with Crippen LogP contribution in [0.5, 0.6) is 0 Å². The van der Waals surface area contributed by atoms with Gasteiger partial charge >= 0.3 is 6.18 Å². The summed E-state index contributed by atoms with van der Waals surface area (Å²) >= 11 is 0. The van der Waals surface area contributed by atoms with Gasteiger partial charge in [0, 0.05) is 8.76 Å². The molecule has 0 fully saturated rings. The van der Waals surface area contributed by atoms with Crippen molar-refractivity contribution in [1.82, 2.24) is 5.32 Å². The molecule has 136 valence electrons. The van der Waals surface area contributed by atoms with Gasteiger partial charge in [-0.25, -0.2) is 0 Å². The molecule has 0 heterocycles. The number of alkyl halides is 3. The Kier molecular flexibility index (Phi) is 4.51. The summed E-state index contributed by atoms with van der Waals surface area (Å²) in [6, 6.07) is 16.6.